The highest BCUT2D eigenvalue weighted by molar-refractivity contribution is 5.78. The van der Waals surface area contributed by atoms with Crippen LogP contribution in [0.5, 0.6) is 11.5 Å². The second-order valence-electron chi connectivity index (χ2n) is 4.71. The molecule has 1 aromatic rings. The maximum Gasteiger partial charge on any atom is 0.305 e. The lowest BCUT2D eigenvalue weighted by atomic mass is 10.1. The molecule has 1 atom stereocenters. The van der Waals surface area contributed by atoms with Gasteiger partial charge in [0, 0.05) is 6.04 Å². The van der Waals surface area contributed by atoms with Crippen molar-refractivity contribution in [3.8, 4) is 11.5 Å². The zero-order chi connectivity index (χ0) is 15.8. The smallest absolute Gasteiger partial charge is 0.305 e. The zero-order valence-corrected chi connectivity index (χ0v) is 12.5. The summed E-state index contributed by atoms with van der Waals surface area (Å²) in [6.45, 7) is 3.56. The number of nitrogens with one attached hydrogen (secondary N) is 1. The molecule has 0 spiro atoms. The summed E-state index contributed by atoms with van der Waals surface area (Å²) in [7, 11) is 1.53. The number of benzene rings is 1. The van der Waals surface area contributed by atoms with Crippen molar-refractivity contribution in [2.24, 2.45) is 0 Å². The molecule has 1 unspecified atom stereocenters. The Morgan fingerprint density at radius 1 is 1.33 bits per heavy atom. The molecular formula is C15H21NO5. The lowest BCUT2D eigenvalue weighted by molar-refractivity contribution is -0.137. The summed E-state index contributed by atoms with van der Waals surface area (Å²) in [5.41, 5.74) is 1.02. The van der Waals surface area contributed by atoms with Gasteiger partial charge in [-0.3, -0.25) is 9.59 Å². The van der Waals surface area contributed by atoms with E-state index in [-0.39, 0.29) is 18.9 Å². The molecule has 0 aromatic heterocycles. The standard InChI is InChI=1S/C15H21NO5/c1-4-11(8-15(18)19)16-14(17)9-21-12-6-5-10(2)7-13(12)20-3/h5-7,11H,4,8-9H2,1-3H3,(H,16,17)(H,18,19). The minimum Gasteiger partial charge on any atom is -0.493 e. The van der Waals surface area contributed by atoms with Crippen molar-refractivity contribution in [1.29, 1.82) is 0 Å². The highest BCUT2D eigenvalue weighted by Gasteiger charge is 2.15. The molecular weight excluding hydrogens is 274 g/mol. The molecule has 6 nitrogen and oxygen atoms in total. The Kier molecular flexibility index (Phi) is 6.52. The summed E-state index contributed by atoms with van der Waals surface area (Å²) in [5.74, 6) is -0.265. The molecule has 116 valence electrons. The fraction of sp³-hybridized carbons (Fsp3) is 0.467. The lowest BCUT2D eigenvalue weighted by Crippen LogP contribution is -2.38. The predicted octanol–water partition coefficient (Wildman–Crippen LogP) is 1.75. The average molecular weight is 295 g/mol. The third-order valence-corrected chi connectivity index (χ3v) is 2.96. The summed E-state index contributed by atoms with van der Waals surface area (Å²) >= 11 is 0. The van der Waals surface area contributed by atoms with Gasteiger partial charge in [-0.2, -0.15) is 0 Å². The Morgan fingerprint density at radius 3 is 2.62 bits per heavy atom. The number of carboxylic acid groups (broad SMARTS) is 1. The largest absolute Gasteiger partial charge is 0.493 e. The second-order valence-corrected chi connectivity index (χ2v) is 4.71. The summed E-state index contributed by atoms with van der Waals surface area (Å²) in [5, 5.41) is 11.4. The van der Waals surface area contributed by atoms with Gasteiger partial charge in [-0.1, -0.05) is 13.0 Å². The van der Waals surface area contributed by atoms with Crippen LogP contribution < -0.4 is 14.8 Å². The molecule has 0 aliphatic rings. The molecule has 1 aromatic carbocycles. The number of rotatable bonds is 8. The molecule has 21 heavy (non-hydrogen) atoms. The Bertz CT molecular complexity index is 501. The summed E-state index contributed by atoms with van der Waals surface area (Å²) in [6, 6.07) is 5.01. The number of aliphatic carboxylic acids is 1. The number of methoxy groups -OCH3 is 1. The van der Waals surface area contributed by atoms with E-state index in [4.69, 9.17) is 14.6 Å². The summed E-state index contributed by atoms with van der Waals surface area (Å²) in [4.78, 5) is 22.4. The number of carbonyl (C=O) groups excluding carboxylic acids is 1. The van der Waals surface area contributed by atoms with Crippen LogP contribution >= 0.6 is 0 Å². The summed E-state index contributed by atoms with van der Waals surface area (Å²) < 4.78 is 10.6. The Balaban J connectivity index is 2.54. The van der Waals surface area contributed by atoms with Crippen LogP contribution in [0.15, 0.2) is 18.2 Å². The van der Waals surface area contributed by atoms with Crippen LogP contribution in [0.2, 0.25) is 0 Å². The summed E-state index contributed by atoms with van der Waals surface area (Å²) in [6.07, 6.45) is 0.446. The van der Waals surface area contributed by atoms with Gasteiger partial charge in [0.1, 0.15) is 0 Å². The van der Waals surface area contributed by atoms with Crippen molar-refractivity contribution in [3.63, 3.8) is 0 Å². The van der Waals surface area contributed by atoms with Crippen molar-refractivity contribution >= 4 is 11.9 Å². The molecule has 6 heteroatoms. The van der Waals surface area contributed by atoms with Gasteiger partial charge in [0.05, 0.1) is 13.5 Å². The number of carboxylic acids is 1. The van der Waals surface area contributed by atoms with Crippen LogP contribution in [-0.2, 0) is 9.59 Å². The third-order valence-electron chi connectivity index (χ3n) is 2.96. The second kappa shape index (κ2) is 8.14. The quantitative estimate of drug-likeness (QED) is 0.763. The maximum absolute atomic E-state index is 11.8. The van der Waals surface area contributed by atoms with E-state index >= 15 is 0 Å². The van der Waals surface area contributed by atoms with Gasteiger partial charge in [-0.25, -0.2) is 0 Å². The fourth-order valence-corrected chi connectivity index (χ4v) is 1.81. The Hall–Kier alpha value is -2.24. The van der Waals surface area contributed by atoms with Gasteiger partial charge in [-0.05, 0) is 31.0 Å². The van der Waals surface area contributed by atoms with Gasteiger partial charge in [0.2, 0.25) is 0 Å². The van der Waals surface area contributed by atoms with Crippen molar-refractivity contribution < 1.29 is 24.2 Å². The van der Waals surface area contributed by atoms with Gasteiger partial charge in [0.15, 0.2) is 18.1 Å². The van der Waals surface area contributed by atoms with Gasteiger partial charge < -0.3 is 19.9 Å². The first-order valence-corrected chi connectivity index (χ1v) is 6.74. The monoisotopic (exact) mass is 295 g/mol. The average Bonchev–Trinajstić information content (AvgIpc) is 2.44. The number of aryl methyl sites for hydroxylation is 1. The van der Waals surface area contributed by atoms with Crippen LogP contribution in [0.1, 0.15) is 25.3 Å². The normalized spacial score (nSPS) is 11.6. The van der Waals surface area contributed by atoms with Crippen molar-refractivity contribution in [2.75, 3.05) is 13.7 Å². The Labute approximate surface area is 124 Å². The molecule has 1 amide bonds. The SMILES string of the molecule is CCC(CC(=O)O)NC(=O)COc1ccc(C)cc1OC. The first-order chi connectivity index (χ1) is 9.96. The van der Waals surface area contributed by atoms with Crippen molar-refractivity contribution in [3.05, 3.63) is 23.8 Å². The minimum absolute atomic E-state index is 0.101. The van der Waals surface area contributed by atoms with E-state index in [0.29, 0.717) is 17.9 Å². The van der Waals surface area contributed by atoms with E-state index in [1.807, 2.05) is 26.0 Å². The van der Waals surface area contributed by atoms with E-state index in [1.165, 1.54) is 7.11 Å². The minimum atomic E-state index is -0.941. The number of amides is 1. The number of hydrogen-bond acceptors (Lipinski definition) is 4. The highest BCUT2D eigenvalue weighted by atomic mass is 16.5. The van der Waals surface area contributed by atoms with Crippen LogP contribution in [-0.4, -0.2) is 36.7 Å². The molecule has 0 fully saturated rings. The number of carbonyl (C=O) groups is 2. The van der Waals surface area contributed by atoms with Crippen molar-refractivity contribution in [1.82, 2.24) is 5.32 Å². The van der Waals surface area contributed by atoms with Crippen LogP contribution in [0.25, 0.3) is 0 Å². The first kappa shape index (κ1) is 16.8. The van der Waals surface area contributed by atoms with E-state index in [0.717, 1.165) is 5.56 Å². The molecule has 1 rings (SSSR count). The van der Waals surface area contributed by atoms with E-state index < -0.39 is 12.0 Å². The first-order valence-electron chi connectivity index (χ1n) is 6.74. The topological polar surface area (TPSA) is 84.9 Å². The van der Waals surface area contributed by atoms with E-state index in [2.05, 4.69) is 5.32 Å². The molecule has 0 radical (unpaired) electrons. The lowest BCUT2D eigenvalue weighted by Gasteiger charge is -2.16. The van der Waals surface area contributed by atoms with E-state index in [1.54, 1.807) is 6.07 Å². The fourth-order valence-electron chi connectivity index (χ4n) is 1.81. The molecule has 0 bridgehead atoms. The van der Waals surface area contributed by atoms with Crippen molar-refractivity contribution in [2.45, 2.75) is 32.7 Å². The molecule has 0 aliphatic carbocycles. The molecule has 0 saturated carbocycles. The van der Waals surface area contributed by atoms with Gasteiger partial charge in [0.25, 0.3) is 5.91 Å². The highest BCUT2D eigenvalue weighted by Crippen LogP contribution is 2.27. The van der Waals surface area contributed by atoms with Crippen LogP contribution in [0.4, 0.5) is 0 Å². The predicted molar refractivity (Wildman–Crippen MR) is 77.7 cm³/mol. The van der Waals surface area contributed by atoms with Crippen LogP contribution in [0.3, 0.4) is 0 Å². The molecule has 0 aliphatic heterocycles. The number of ether oxygens (including phenoxy) is 2. The Morgan fingerprint density at radius 2 is 2.05 bits per heavy atom. The van der Waals surface area contributed by atoms with Gasteiger partial charge in [-0.15, -0.1) is 0 Å². The van der Waals surface area contributed by atoms with Crippen LogP contribution in [0, 0.1) is 6.92 Å². The number of hydrogen-bond donors (Lipinski definition) is 2. The maximum atomic E-state index is 11.8. The van der Waals surface area contributed by atoms with E-state index in [9.17, 15) is 9.59 Å². The zero-order valence-electron chi connectivity index (χ0n) is 12.5. The molecule has 0 heterocycles. The van der Waals surface area contributed by atoms with Gasteiger partial charge >= 0.3 is 5.97 Å². The third kappa shape index (κ3) is 5.72. The molecule has 2 N–H and O–H groups in total. The molecule has 0 saturated heterocycles.